The van der Waals surface area contributed by atoms with Crippen molar-refractivity contribution in [3.8, 4) is 0 Å². The van der Waals surface area contributed by atoms with Gasteiger partial charge in [-0.15, -0.1) is 11.6 Å². The minimum Gasteiger partial charge on any atom is -0.341 e. The van der Waals surface area contributed by atoms with Gasteiger partial charge in [-0.25, -0.2) is 10.4 Å². The summed E-state index contributed by atoms with van der Waals surface area (Å²) in [4.78, 5) is 30.5. The number of hydrazine groups is 1. The SMILES string of the molecule is CNCC(=O)N1CC[C@H](C(=O)N(C)[C@@H](C2CCC(N3CCCC4C3CNC3CC(Cl)NN34)CC2)C(F)(F)F)C1. The average molecular weight is 578 g/mol. The minimum atomic E-state index is -4.50. The van der Waals surface area contributed by atoms with Gasteiger partial charge in [-0.2, -0.15) is 13.2 Å². The average Bonchev–Trinajstić information content (AvgIpc) is 3.54. The van der Waals surface area contributed by atoms with Crippen LogP contribution in [0.2, 0.25) is 0 Å². The van der Waals surface area contributed by atoms with Crippen molar-refractivity contribution < 1.29 is 22.8 Å². The summed E-state index contributed by atoms with van der Waals surface area (Å²) in [5, 5.41) is 8.69. The molecule has 0 aromatic rings. The van der Waals surface area contributed by atoms with E-state index in [0.29, 0.717) is 50.7 Å². The number of piperidine rings is 1. The maximum Gasteiger partial charge on any atom is 0.409 e. The summed E-state index contributed by atoms with van der Waals surface area (Å²) in [5.41, 5.74) is 3.32. The number of likely N-dealkylation sites (N-methyl/N-ethyl adjacent to an activating group) is 1. The maximum atomic E-state index is 14.4. The summed E-state index contributed by atoms with van der Waals surface area (Å²) < 4.78 is 43.3. The van der Waals surface area contributed by atoms with Crippen molar-refractivity contribution in [1.82, 2.24) is 35.8 Å². The van der Waals surface area contributed by atoms with E-state index in [9.17, 15) is 22.8 Å². The van der Waals surface area contributed by atoms with E-state index in [2.05, 4.69) is 26.0 Å². The first-order valence-corrected chi connectivity index (χ1v) is 15.0. The first-order valence-electron chi connectivity index (χ1n) is 14.5. The topological polar surface area (TPSA) is 83.2 Å². The summed E-state index contributed by atoms with van der Waals surface area (Å²) in [7, 11) is 2.97. The number of hydrogen-bond acceptors (Lipinski definition) is 7. The molecule has 1 saturated carbocycles. The van der Waals surface area contributed by atoms with Crippen molar-refractivity contribution in [3.63, 3.8) is 0 Å². The van der Waals surface area contributed by atoms with Crippen LogP contribution in [0.4, 0.5) is 13.2 Å². The van der Waals surface area contributed by atoms with Crippen LogP contribution in [-0.4, -0.2) is 120 Å². The Morgan fingerprint density at radius 1 is 1.10 bits per heavy atom. The van der Waals surface area contributed by atoms with E-state index in [4.69, 9.17) is 11.6 Å². The predicted octanol–water partition coefficient (Wildman–Crippen LogP) is 1.54. The second-order valence-electron chi connectivity index (χ2n) is 12.0. The lowest BCUT2D eigenvalue weighted by atomic mass is 9.78. The molecular weight excluding hydrogens is 535 g/mol. The molecule has 4 aliphatic heterocycles. The monoisotopic (exact) mass is 577 g/mol. The Labute approximate surface area is 234 Å². The van der Waals surface area contributed by atoms with E-state index in [1.54, 1.807) is 11.9 Å². The number of alkyl halides is 4. The zero-order valence-corrected chi connectivity index (χ0v) is 23.7. The van der Waals surface area contributed by atoms with Crippen LogP contribution in [0.15, 0.2) is 0 Å². The first-order chi connectivity index (χ1) is 18.6. The number of fused-ring (bicyclic) bond motifs is 3. The predicted molar refractivity (Wildman–Crippen MR) is 142 cm³/mol. The summed E-state index contributed by atoms with van der Waals surface area (Å²) in [6.45, 7) is 2.58. The lowest BCUT2D eigenvalue weighted by Crippen LogP contribution is -2.70. The number of likely N-dealkylation sites (tertiary alicyclic amines) is 2. The Balaban J connectivity index is 1.20. The lowest BCUT2D eigenvalue weighted by Gasteiger charge is -2.53. The van der Waals surface area contributed by atoms with Crippen LogP contribution in [-0.2, 0) is 9.59 Å². The maximum absolute atomic E-state index is 14.4. The molecule has 2 amide bonds. The quantitative estimate of drug-likeness (QED) is 0.326. The van der Waals surface area contributed by atoms with Gasteiger partial charge in [-0.1, -0.05) is 0 Å². The number of carbonyl (C=O) groups excluding carboxylic acids is 2. The van der Waals surface area contributed by atoms with Crippen molar-refractivity contribution in [3.05, 3.63) is 0 Å². The van der Waals surface area contributed by atoms with Gasteiger partial charge < -0.3 is 15.1 Å². The van der Waals surface area contributed by atoms with E-state index < -0.39 is 30.0 Å². The fourth-order valence-corrected chi connectivity index (χ4v) is 8.18. The first kappa shape index (κ1) is 29.3. The largest absolute Gasteiger partial charge is 0.409 e. The molecule has 0 spiro atoms. The highest BCUT2D eigenvalue weighted by molar-refractivity contribution is 6.20. The van der Waals surface area contributed by atoms with Gasteiger partial charge in [0.05, 0.1) is 24.1 Å². The number of nitrogens with zero attached hydrogens (tertiary/aromatic N) is 4. The van der Waals surface area contributed by atoms with Crippen molar-refractivity contribution in [2.24, 2.45) is 11.8 Å². The zero-order valence-electron chi connectivity index (χ0n) is 22.9. The van der Waals surface area contributed by atoms with E-state index in [1.807, 2.05) is 0 Å². The minimum absolute atomic E-state index is 0.0767. The molecule has 0 aromatic heterocycles. The number of carbonyl (C=O) groups is 2. The number of amides is 2. The summed E-state index contributed by atoms with van der Waals surface area (Å²) in [5.74, 6) is -1.84. The van der Waals surface area contributed by atoms with Gasteiger partial charge in [-0.05, 0) is 64.5 Å². The van der Waals surface area contributed by atoms with E-state index in [1.165, 1.54) is 7.05 Å². The number of rotatable bonds is 6. The van der Waals surface area contributed by atoms with Gasteiger partial charge in [0, 0.05) is 51.2 Å². The molecule has 1 aliphatic carbocycles. The third-order valence-electron chi connectivity index (χ3n) is 9.74. The normalized spacial score (nSPS) is 36.9. The van der Waals surface area contributed by atoms with Crippen molar-refractivity contribution >= 4 is 23.4 Å². The molecule has 4 unspecified atom stereocenters. The second kappa shape index (κ2) is 12.0. The Hall–Kier alpha value is -1.18. The molecule has 3 N–H and O–H groups in total. The molecule has 0 aromatic carbocycles. The molecular formula is C26H43ClF3N7O2. The molecule has 5 rings (SSSR count). The van der Waals surface area contributed by atoms with Gasteiger partial charge in [0.2, 0.25) is 11.8 Å². The second-order valence-corrected chi connectivity index (χ2v) is 12.6. The van der Waals surface area contributed by atoms with Crippen molar-refractivity contribution in [2.75, 3.05) is 46.8 Å². The molecule has 0 radical (unpaired) electrons. The summed E-state index contributed by atoms with van der Waals surface area (Å²) >= 11 is 6.36. The molecule has 9 nitrogen and oxygen atoms in total. The van der Waals surface area contributed by atoms with E-state index >= 15 is 0 Å². The highest BCUT2D eigenvalue weighted by atomic mass is 35.5. The van der Waals surface area contributed by atoms with Gasteiger partial charge in [0.15, 0.2) is 0 Å². The molecule has 0 bridgehead atoms. The Morgan fingerprint density at radius 2 is 1.85 bits per heavy atom. The molecule has 222 valence electrons. The molecule has 4 heterocycles. The van der Waals surface area contributed by atoms with Gasteiger partial charge >= 0.3 is 6.18 Å². The van der Waals surface area contributed by atoms with Gasteiger partial charge in [0.25, 0.3) is 0 Å². The van der Waals surface area contributed by atoms with Crippen LogP contribution in [0.5, 0.6) is 0 Å². The van der Waals surface area contributed by atoms with Crippen LogP contribution in [0.25, 0.3) is 0 Å². The van der Waals surface area contributed by atoms with E-state index in [0.717, 1.165) is 37.3 Å². The molecule has 39 heavy (non-hydrogen) atoms. The van der Waals surface area contributed by atoms with Crippen molar-refractivity contribution in [2.45, 2.75) is 93.4 Å². The van der Waals surface area contributed by atoms with Crippen LogP contribution < -0.4 is 16.1 Å². The fourth-order valence-electron chi connectivity index (χ4n) is 7.90. The summed E-state index contributed by atoms with van der Waals surface area (Å²) in [6.07, 6.45) is 1.44. The highest BCUT2D eigenvalue weighted by Crippen LogP contribution is 2.41. The van der Waals surface area contributed by atoms with Gasteiger partial charge in [0.1, 0.15) is 6.04 Å². The van der Waals surface area contributed by atoms with Crippen LogP contribution >= 0.6 is 11.6 Å². The van der Waals surface area contributed by atoms with Crippen molar-refractivity contribution in [1.29, 1.82) is 0 Å². The smallest absolute Gasteiger partial charge is 0.341 e. The molecule has 13 heteroatoms. The van der Waals surface area contributed by atoms with Crippen LogP contribution in [0.3, 0.4) is 0 Å². The third kappa shape index (κ3) is 6.06. The molecule has 5 aliphatic rings. The zero-order chi connectivity index (χ0) is 27.9. The van der Waals surface area contributed by atoms with Crippen LogP contribution in [0, 0.1) is 11.8 Å². The Bertz CT molecular complexity index is 890. The lowest BCUT2D eigenvalue weighted by molar-refractivity contribution is -0.203. The molecule has 4 saturated heterocycles. The number of nitrogens with one attached hydrogen (secondary N) is 3. The third-order valence-corrected chi connectivity index (χ3v) is 10.0. The Kier molecular flexibility index (Phi) is 9.00. The standard InChI is InChI=1S/C26H43ClF3N7O2/c1-31-14-23(38)35-11-9-17(15-35)25(39)34(2)24(26(28,29)30)16-5-7-18(8-6-16)36-10-3-4-19-20(36)13-32-22-12-21(27)33-37(19)22/h16-22,24,31-33H,3-15H2,1-2H3/t16?,17-,18?,19?,20?,21?,22?,24-/m0/s1. The van der Waals surface area contributed by atoms with Gasteiger partial charge in [-0.3, -0.25) is 19.8 Å². The molecule has 6 atom stereocenters. The van der Waals surface area contributed by atoms with Crippen LogP contribution in [0.1, 0.15) is 51.4 Å². The summed E-state index contributed by atoms with van der Waals surface area (Å²) in [6, 6.07) is -0.888. The Morgan fingerprint density at radius 3 is 2.54 bits per heavy atom. The fraction of sp³-hybridized carbons (Fsp3) is 0.923. The van der Waals surface area contributed by atoms with E-state index in [-0.39, 0.29) is 36.7 Å². The molecule has 5 fully saturated rings. The highest BCUT2D eigenvalue weighted by Gasteiger charge is 2.52. The number of hydrogen-bond donors (Lipinski definition) is 3. The number of halogens is 4.